The Balaban J connectivity index is 0.000000231. The fourth-order valence-electron chi connectivity index (χ4n) is 16.3. The Morgan fingerprint density at radius 3 is 1.12 bits per heavy atom. The van der Waals surface area contributed by atoms with Crippen LogP contribution in [0.5, 0.6) is 5.75 Å². The van der Waals surface area contributed by atoms with Crippen LogP contribution in [0.3, 0.4) is 0 Å². The van der Waals surface area contributed by atoms with Crippen molar-refractivity contribution >= 4 is 123 Å². The first-order valence-corrected chi connectivity index (χ1v) is 49.7. The van der Waals surface area contributed by atoms with Crippen molar-refractivity contribution in [1.82, 2.24) is 74.9 Å². The molecule has 35 nitrogen and oxygen atoms in total. The van der Waals surface area contributed by atoms with Gasteiger partial charge in [-0.25, -0.2) is 33.9 Å². The molecular formula is C102H127Cl5N16O19. The van der Waals surface area contributed by atoms with E-state index in [-0.39, 0.29) is 83.4 Å². The maximum atomic E-state index is 13.2. The molecule has 0 aliphatic heterocycles. The molecule has 0 saturated heterocycles. The minimum atomic E-state index is -0.804. The van der Waals surface area contributed by atoms with Gasteiger partial charge in [0, 0.05) is 56.9 Å². The molecule has 7 aromatic carbocycles. The molecule has 10 aromatic rings. The number of para-hydroxylation sites is 4. The van der Waals surface area contributed by atoms with Gasteiger partial charge in [0.2, 0.25) is 6.08 Å². The summed E-state index contributed by atoms with van der Waals surface area (Å²) in [5, 5.41) is 47.3. The Hall–Kier alpha value is -12.6. The van der Waals surface area contributed by atoms with Gasteiger partial charge in [-0.05, 0) is 232 Å². The molecule has 4 N–H and O–H groups in total. The predicted octanol–water partition coefficient (Wildman–Crippen LogP) is 19.3. The van der Waals surface area contributed by atoms with Gasteiger partial charge in [0.15, 0.2) is 0 Å². The number of benzene rings is 7. The zero-order valence-electron chi connectivity index (χ0n) is 81.7. The lowest BCUT2D eigenvalue weighted by atomic mass is 9.85. The summed E-state index contributed by atoms with van der Waals surface area (Å²) in [7, 11) is 1.49. The Labute approximate surface area is 850 Å². The quantitative estimate of drug-likeness (QED) is 0.0143. The Morgan fingerprint density at radius 1 is 0.437 bits per heavy atom. The van der Waals surface area contributed by atoms with Crippen molar-refractivity contribution in [2.24, 2.45) is 34.6 Å². The number of unbranched alkanes of at least 4 members (excludes halogenated alkanes) is 2. The van der Waals surface area contributed by atoms with E-state index in [0.29, 0.717) is 183 Å². The Bertz CT molecular complexity index is 5850. The molecule has 5 fully saturated rings. The van der Waals surface area contributed by atoms with Gasteiger partial charge in [0.05, 0.1) is 73.2 Å². The van der Waals surface area contributed by atoms with Gasteiger partial charge >= 0.3 is 59.0 Å². The number of hydrogen-bond donors (Lipinski definition) is 4. The highest BCUT2D eigenvalue weighted by Gasteiger charge is 2.37. The zero-order chi connectivity index (χ0) is 104. The van der Waals surface area contributed by atoms with E-state index >= 15 is 0 Å². The summed E-state index contributed by atoms with van der Waals surface area (Å²) >= 11 is 29.7. The van der Waals surface area contributed by atoms with Crippen LogP contribution in [0.15, 0.2) is 183 Å². The van der Waals surface area contributed by atoms with Gasteiger partial charge in [0.1, 0.15) is 48.5 Å². The minimum absolute atomic E-state index is 0.0289. The predicted molar refractivity (Wildman–Crippen MR) is 540 cm³/mol. The van der Waals surface area contributed by atoms with E-state index in [1.54, 1.807) is 96.4 Å². The van der Waals surface area contributed by atoms with E-state index in [1.165, 1.54) is 32.5 Å². The molecule has 5 saturated carbocycles. The number of aromatic amines is 1. The van der Waals surface area contributed by atoms with Crippen LogP contribution < -0.4 is 27.1 Å². The fraction of sp³-hybridized carbons (Fsp3) is 0.461. The number of aliphatic imine (C=N–C) groups is 1. The fourth-order valence-corrected chi connectivity index (χ4v) is 17.7. The highest BCUT2D eigenvalue weighted by molar-refractivity contribution is 6.38. The summed E-state index contributed by atoms with van der Waals surface area (Å²) in [5.41, 5.74) is 4.05. The van der Waals surface area contributed by atoms with E-state index in [2.05, 4.69) is 67.5 Å². The van der Waals surface area contributed by atoms with Gasteiger partial charge in [-0.3, -0.25) is 33.6 Å². The molecule has 142 heavy (non-hydrogen) atoms. The minimum Gasteiger partial charge on any atom is -0.494 e. The molecule has 15 rings (SSSR count). The lowest BCUT2D eigenvalue weighted by Crippen LogP contribution is -2.47. The SMILES string of the molecule is CC.CCCCC.CCN(C(=O)n1nnn(-c2c(C)cccc2Cl)c1=O)C1CCC(C(=O)O)CC1.CCN(C(=O)n1nnn(-c2c(C)cccc2Cl)c1=O)C1CCC(C(=O)OCc2ccccc2)CC1.CCNC1CCC(C(=O)OCc2ccccc2)CC1.COc1cccc(Cl)c1-n1nn[nH]c1=O.O=C1CCC(C(=O)O)CC1.O=C1CCC(C(=O)OCc2ccccc2)CC1.O=C=Nc1c(Cl)cccc1Cl. The van der Waals surface area contributed by atoms with Crippen LogP contribution in [0, 0.1) is 43.4 Å². The number of carbonyl (C=O) groups excluding carboxylic acids is 8. The van der Waals surface area contributed by atoms with Crippen molar-refractivity contribution in [3.8, 4) is 22.8 Å². The maximum Gasteiger partial charge on any atom is 0.377 e. The maximum absolute atomic E-state index is 13.2. The van der Waals surface area contributed by atoms with E-state index in [9.17, 15) is 62.3 Å². The number of carboxylic acid groups (broad SMARTS) is 2. The number of rotatable bonds is 24. The first-order valence-electron chi connectivity index (χ1n) is 47.8. The highest BCUT2D eigenvalue weighted by atomic mass is 35.5. The van der Waals surface area contributed by atoms with Crippen molar-refractivity contribution in [2.45, 2.75) is 248 Å². The molecule has 0 atom stereocenters. The summed E-state index contributed by atoms with van der Waals surface area (Å²) in [4.78, 5) is 159. The Kier molecular flexibility index (Phi) is 50.7. The lowest BCUT2D eigenvalue weighted by Gasteiger charge is -2.35. The lowest BCUT2D eigenvalue weighted by molar-refractivity contribution is -0.152. The van der Waals surface area contributed by atoms with Crippen LogP contribution in [0.2, 0.25) is 25.1 Å². The van der Waals surface area contributed by atoms with Gasteiger partial charge in [-0.1, -0.05) is 239 Å². The van der Waals surface area contributed by atoms with Gasteiger partial charge in [-0.15, -0.1) is 9.36 Å². The molecule has 0 radical (unpaired) electrons. The zero-order valence-corrected chi connectivity index (χ0v) is 85.5. The normalized spacial score (nSPS) is 16.9. The molecule has 2 amide bonds. The third-order valence-electron chi connectivity index (χ3n) is 24.1. The van der Waals surface area contributed by atoms with E-state index in [1.807, 2.05) is 119 Å². The number of ketones is 2. The molecule has 0 bridgehead atoms. The number of carboxylic acids is 2. The number of ether oxygens (including phenoxy) is 4. The molecule has 3 aromatic heterocycles. The summed E-state index contributed by atoms with van der Waals surface area (Å²) in [6.07, 6.45) is 18.5. The Morgan fingerprint density at radius 2 is 0.782 bits per heavy atom. The number of aryl methyl sites for hydroxylation is 2. The van der Waals surface area contributed by atoms with Crippen LogP contribution in [0.1, 0.15) is 224 Å². The van der Waals surface area contributed by atoms with Gasteiger partial charge < -0.3 is 44.3 Å². The first-order chi connectivity index (χ1) is 68.4. The second-order valence-corrected chi connectivity index (χ2v) is 35.7. The number of nitrogens with zero attached hydrogens (tertiary/aromatic N) is 14. The first kappa shape index (κ1) is 116. The van der Waals surface area contributed by atoms with Crippen LogP contribution >= 0.6 is 58.0 Å². The number of isocyanates is 1. The number of carbonyl (C=O) groups is 9. The average molecular weight is 2060 g/mol. The number of aliphatic carboxylic acids is 2. The van der Waals surface area contributed by atoms with Crippen molar-refractivity contribution < 1.29 is 77.1 Å². The van der Waals surface area contributed by atoms with Crippen LogP contribution in [0.25, 0.3) is 17.1 Å². The standard InChI is InChI=1S/C25H28ClN5O4.C18H22ClN5O4.C16H23NO2.C14H16O3.C8H7ClN4O2.C7H3Cl2NO.C7H10O3.C5H12.C2H6/c1-3-29(20-14-12-19(13-15-20)23(32)35-16-18-9-5-4-6-10-18)24(33)31-25(34)30(27-28-31)22-17(2)8-7-11-21(22)26;1-3-22(13-9-7-12(8-10-13)16(25)26)17(27)24-18(28)23(20-21-24)15-11(2)5-4-6-14(15)19;1-2-17-15-10-8-14(9-11-15)16(18)19-12-13-6-4-3-5-7-13;15-13-8-6-12(7-9-13)14(16)17-10-11-4-2-1-3-5-11;1-15-6-4-2-3-5(9)7(6)13-8(14)10-11-12-13;8-5-2-1-3-6(9)7(5)10-4-11;8-6-3-1-5(2-4-6)7(9)10;1-3-5-4-2;1-2/h4-11,19-20H,3,12-16H2,1-2H3;4-6,12-13H,3,7-10H2,1-2H3,(H,25,26);3-7,14-15,17H,2,8-12H2,1H3;1-5,12H,6-10H2;2-4H,1H3,(H,10,12,14);1-3H;5H,1-4H2,(H,9,10);3-5H2,1-2H3;1-2H3. The third kappa shape index (κ3) is 35.8. The van der Waals surface area contributed by atoms with E-state index in [0.717, 1.165) is 83.5 Å². The second kappa shape index (κ2) is 61.9. The van der Waals surface area contributed by atoms with Gasteiger partial charge in [0.25, 0.3) is 0 Å². The molecular weight excluding hydrogens is 1930 g/mol. The van der Waals surface area contributed by atoms with E-state index < -0.39 is 41.1 Å². The number of nitrogens with one attached hydrogen (secondary N) is 2. The second-order valence-electron chi connectivity index (χ2n) is 33.7. The van der Waals surface area contributed by atoms with Crippen molar-refractivity contribution in [3.05, 3.63) is 248 Å². The summed E-state index contributed by atoms with van der Waals surface area (Å²) in [6, 6.07) is 48.6. The molecule has 40 heteroatoms. The average Bonchev–Trinajstić information content (AvgIpc) is 1.64. The topological polar surface area (TPSA) is 448 Å². The number of H-pyrrole nitrogens is 1. The monoisotopic (exact) mass is 2050 g/mol. The molecule has 5 aliphatic carbocycles. The van der Waals surface area contributed by atoms with E-state index in [4.69, 9.17) is 87.2 Å². The molecule has 0 unspecified atom stereocenters. The third-order valence-corrected chi connectivity index (χ3v) is 25.6. The number of hydrogen-bond acceptors (Lipinski definition) is 25. The number of aromatic nitrogens is 12. The number of Topliss-reactive ketones (excluding diaryl/α,β-unsaturated/α-hetero) is 2. The number of amides is 2. The highest BCUT2D eigenvalue weighted by Crippen LogP contribution is 2.36. The number of halogens is 5. The molecule has 3 heterocycles. The summed E-state index contributed by atoms with van der Waals surface area (Å²) in [6.45, 7) is 20.6. The summed E-state index contributed by atoms with van der Waals surface area (Å²) < 4.78 is 25.8. The molecule has 764 valence electrons. The van der Waals surface area contributed by atoms with Crippen molar-refractivity contribution in [2.75, 3.05) is 26.7 Å². The van der Waals surface area contributed by atoms with Crippen LogP contribution in [0.4, 0.5) is 15.3 Å². The smallest absolute Gasteiger partial charge is 0.377 e. The van der Waals surface area contributed by atoms with Gasteiger partial charge in [-0.2, -0.15) is 19.0 Å². The molecule has 0 spiro atoms. The number of tetrazole rings is 3. The van der Waals surface area contributed by atoms with Crippen LogP contribution in [-0.4, -0.2) is 184 Å². The number of methoxy groups -OCH3 is 1. The number of esters is 3. The van der Waals surface area contributed by atoms with Crippen molar-refractivity contribution in [1.29, 1.82) is 0 Å². The molecule has 5 aliphatic rings. The van der Waals surface area contributed by atoms with Crippen LogP contribution in [-0.2, 0) is 72.4 Å². The largest absolute Gasteiger partial charge is 0.494 e. The summed E-state index contributed by atoms with van der Waals surface area (Å²) in [5.74, 6) is -1.88. The van der Waals surface area contributed by atoms with Crippen molar-refractivity contribution in [3.63, 3.8) is 0 Å².